The normalized spacial score (nSPS) is 35.1. The fourth-order valence-electron chi connectivity index (χ4n) is 3.47. The molecule has 1 saturated heterocycles. The summed E-state index contributed by atoms with van der Waals surface area (Å²) in [6, 6.07) is 0. The molecular formula is C13H14ClNO4. The summed E-state index contributed by atoms with van der Waals surface area (Å²) in [5.74, 6) is -0.951. The maximum Gasteiger partial charge on any atom is 0.320 e. The van der Waals surface area contributed by atoms with Crippen LogP contribution in [0.1, 0.15) is 6.42 Å². The number of amides is 2. The minimum Gasteiger partial charge on any atom is -0.463 e. The summed E-state index contributed by atoms with van der Waals surface area (Å²) in [5.41, 5.74) is 0. The minimum atomic E-state index is -0.539. The number of fused-ring (bicyclic) bond motifs is 5. The van der Waals surface area contributed by atoms with E-state index in [1.165, 1.54) is 4.90 Å². The first-order chi connectivity index (χ1) is 9.13. The van der Waals surface area contributed by atoms with Crippen molar-refractivity contribution in [2.75, 3.05) is 19.0 Å². The van der Waals surface area contributed by atoms with Crippen molar-refractivity contribution in [2.24, 2.45) is 23.7 Å². The average molecular weight is 284 g/mol. The van der Waals surface area contributed by atoms with Gasteiger partial charge < -0.3 is 4.74 Å². The molecule has 6 heteroatoms. The van der Waals surface area contributed by atoms with Gasteiger partial charge in [-0.15, -0.1) is 11.6 Å². The Hall–Kier alpha value is -1.36. The smallest absolute Gasteiger partial charge is 0.320 e. The van der Waals surface area contributed by atoms with Gasteiger partial charge in [0.1, 0.15) is 12.5 Å². The molecule has 0 aromatic heterocycles. The number of esters is 1. The summed E-state index contributed by atoms with van der Waals surface area (Å²) in [6.45, 7) is 0.151. The van der Waals surface area contributed by atoms with Crippen molar-refractivity contribution >= 4 is 29.4 Å². The first-order valence-electron chi connectivity index (χ1n) is 6.38. The molecule has 2 aliphatic carbocycles. The highest BCUT2D eigenvalue weighted by atomic mass is 35.5. The first kappa shape index (κ1) is 12.7. The fraction of sp³-hybridized carbons (Fsp3) is 0.615. The molecule has 0 spiro atoms. The van der Waals surface area contributed by atoms with Crippen LogP contribution in [0.15, 0.2) is 12.2 Å². The van der Waals surface area contributed by atoms with Gasteiger partial charge in [-0.3, -0.25) is 19.3 Å². The van der Waals surface area contributed by atoms with Gasteiger partial charge >= 0.3 is 5.97 Å². The summed E-state index contributed by atoms with van der Waals surface area (Å²) in [5, 5.41) is 0. The summed E-state index contributed by atoms with van der Waals surface area (Å²) in [6.07, 6.45) is 5.02. The van der Waals surface area contributed by atoms with Gasteiger partial charge in [-0.2, -0.15) is 0 Å². The first-order valence-corrected chi connectivity index (χ1v) is 6.92. The Kier molecular flexibility index (Phi) is 3.09. The summed E-state index contributed by atoms with van der Waals surface area (Å²) < 4.78 is 4.81. The van der Waals surface area contributed by atoms with Gasteiger partial charge in [0.2, 0.25) is 11.8 Å². The number of hydrogen-bond donors (Lipinski definition) is 0. The van der Waals surface area contributed by atoms with Crippen molar-refractivity contribution in [3.63, 3.8) is 0 Å². The third kappa shape index (κ3) is 1.87. The number of allylic oxidation sites excluding steroid dienone is 2. The zero-order valence-electron chi connectivity index (χ0n) is 10.3. The predicted molar refractivity (Wildman–Crippen MR) is 66.1 cm³/mol. The van der Waals surface area contributed by atoms with E-state index in [4.69, 9.17) is 16.3 Å². The van der Waals surface area contributed by atoms with Crippen LogP contribution < -0.4 is 0 Å². The number of likely N-dealkylation sites (tertiary alicyclic amines) is 1. The Morgan fingerprint density at radius 2 is 1.84 bits per heavy atom. The van der Waals surface area contributed by atoms with Crippen LogP contribution in [0.25, 0.3) is 0 Å². The van der Waals surface area contributed by atoms with Gasteiger partial charge in [-0.25, -0.2) is 0 Å². The van der Waals surface area contributed by atoms with E-state index in [1.54, 1.807) is 0 Å². The van der Waals surface area contributed by atoms with Gasteiger partial charge in [0, 0.05) is 0 Å². The molecule has 1 aliphatic heterocycles. The van der Waals surface area contributed by atoms with E-state index < -0.39 is 5.97 Å². The van der Waals surface area contributed by atoms with Crippen molar-refractivity contribution in [3.8, 4) is 0 Å². The SMILES string of the molecule is O=C(CCl)OCCN1C(=O)[C@@H]2[C@H](C1=O)[C@@H]1C=C[C@H]2C1. The number of ether oxygens (including phenoxy) is 1. The van der Waals surface area contributed by atoms with Crippen LogP contribution in [0.3, 0.4) is 0 Å². The zero-order chi connectivity index (χ0) is 13.6. The fourth-order valence-corrected chi connectivity index (χ4v) is 3.55. The second-order valence-corrected chi connectivity index (χ2v) is 5.45. The Morgan fingerprint density at radius 3 is 2.37 bits per heavy atom. The molecule has 19 heavy (non-hydrogen) atoms. The Labute approximate surface area is 115 Å². The van der Waals surface area contributed by atoms with Gasteiger partial charge in [0.05, 0.1) is 18.4 Å². The third-order valence-electron chi connectivity index (χ3n) is 4.25. The molecule has 5 nitrogen and oxygen atoms in total. The van der Waals surface area contributed by atoms with Crippen LogP contribution in [0.5, 0.6) is 0 Å². The van der Waals surface area contributed by atoms with E-state index >= 15 is 0 Å². The number of carbonyl (C=O) groups is 3. The van der Waals surface area contributed by atoms with Gasteiger partial charge in [0.15, 0.2) is 0 Å². The topological polar surface area (TPSA) is 63.7 Å². The number of alkyl halides is 1. The molecule has 102 valence electrons. The molecule has 0 aromatic carbocycles. The molecule has 1 saturated carbocycles. The highest BCUT2D eigenvalue weighted by Gasteiger charge is 2.58. The highest BCUT2D eigenvalue weighted by Crippen LogP contribution is 2.52. The van der Waals surface area contributed by atoms with Crippen molar-refractivity contribution in [2.45, 2.75) is 6.42 Å². The average Bonchev–Trinajstić information content (AvgIpc) is 3.07. The van der Waals surface area contributed by atoms with Crippen molar-refractivity contribution < 1.29 is 19.1 Å². The van der Waals surface area contributed by atoms with Crippen LogP contribution >= 0.6 is 11.6 Å². The highest BCUT2D eigenvalue weighted by molar-refractivity contribution is 6.26. The standard InChI is InChI=1S/C13H14ClNO4/c14-6-9(16)19-4-3-15-12(17)10-7-1-2-8(5-7)11(10)13(15)18/h1-2,7-8,10-11H,3-6H2/t7-,8+,10-,11+. The van der Waals surface area contributed by atoms with Crippen LogP contribution in [-0.2, 0) is 19.1 Å². The Balaban J connectivity index is 1.64. The quantitative estimate of drug-likeness (QED) is 0.328. The monoisotopic (exact) mass is 283 g/mol. The third-order valence-corrected chi connectivity index (χ3v) is 4.47. The van der Waals surface area contributed by atoms with Crippen LogP contribution in [0, 0.1) is 23.7 Å². The largest absolute Gasteiger partial charge is 0.463 e. The number of nitrogens with zero attached hydrogens (tertiary/aromatic N) is 1. The molecule has 0 aromatic rings. The maximum atomic E-state index is 12.2. The zero-order valence-corrected chi connectivity index (χ0v) is 11.0. The lowest BCUT2D eigenvalue weighted by molar-refractivity contribution is -0.147. The molecule has 0 radical (unpaired) electrons. The number of rotatable bonds is 4. The van der Waals surface area contributed by atoms with Gasteiger partial charge in [-0.1, -0.05) is 12.2 Å². The van der Waals surface area contributed by atoms with E-state index in [0.717, 1.165) is 6.42 Å². The lowest BCUT2D eigenvalue weighted by Gasteiger charge is -2.16. The number of carbonyl (C=O) groups excluding carboxylic acids is 3. The van der Waals surface area contributed by atoms with Crippen LogP contribution in [-0.4, -0.2) is 41.7 Å². The van der Waals surface area contributed by atoms with E-state index in [-0.39, 0.29) is 54.5 Å². The molecule has 3 rings (SSSR count). The lowest BCUT2D eigenvalue weighted by Crippen LogP contribution is -2.36. The number of imide groups is 1. The van der Waals surface area contributed by atoms with Gasteiger partial charge in [-0.05, 0) is 18.3 Å². The van der Waals surface area contributed by atoms with Crippen LogP contribution in [0.2, 0.25) is 0 Å². The summed E-state index contributed by atoms with van der Waals surface area (Å²) >= 11 is 5.30. The van der Waals surface area contributed by atoms with E-state index in [1.807, 2.05) is 12.2 Å². The molecule has 0 unspecified atom stereocenters. The number of hydrogen-bond acceptors (Lipinski definition) is 4. The number of halogens is 1. The van der Waals surface area contributed by atoms with E-state index in [2.05, 4.69) is 0 Å². The lowest BCUT2D eigenvalue weighted by atomic mass is 9.85. The molecule has 1 heterocycles. The van der Waals surface area contributed by atoms with Crippen molar-refractivity contribution in [3.05, 3.63) is 12.2 Å². The second-order valence-electron chi connectivity index (χ2n) is 5.18. The summed E-state index contributed by atoms with van der Waals surface area (Å²) in [4.78, 5) is 36.6. The predicted octanol–water partition coefficient (Wildman–Crippen LogP) is 0.575. The molecule has 2 fully saturated rings. The Morgan fingerprint density at radius 1 is 1.26 bits per heavy atom. The Bertz CT molecular complexity index is 445. The van der Waals surface area contributed by atoms with E-state index in [0.29, 0.717) is 0 Å². The van der Waals surface area contributed by atoms with Crippen molar-refractivity contribution in [1.29, 1.82) is 0 Å². The molecule has 3 aliphatic rings. The molecular weight excluding hydrogens is 270 g/mol. The molecule has 2 amide bonds. The maximum absolute atomic E-state index is 12.2. The van der Waals surface area contributed by atoms with Crippen molar-refractivity contribution in [1.82, 2.24) is 4.90 Å². The van der Waals surface area contributed by atoms with E-state index in [9.17, 15) is 14.4 Å². The van der Waals surface area contributed by atoms with Crippen LogP contribution in [0.4, 0.5) is 0 Å². The van der Waals surface area contributed by atoms with Gasteiger partial charge in [0.25, 0.3) is 0 Å². The minimum absolute atomic E-state index is 0.0191. The molecule has 0 N–H and O–H groups in total. The molecule has 4 atom stereocenters. The second kappa shape index (κ2) is 4.63. The summed E-state index contributed by atoms with van der Waals surface area (Å²) in [7, 11) is 0. The molecule has 2 bridgehead atoms.